The Morgan fingerprint density at radius 3 is 2.62 bits per heavy atom. The van der Waals surface area contributed by atoms with Gasteiger partial charge in [0.25, 0.3) is 10.0 Å². The topological polar surface area (TPSA) is 90.8 Å². The van der Waals surface area contributed by atoms with Crippen LogP contribution in [0.3, 0.4) is 0 Å². The molecule has 1 aliphatic heterocycles. The van der Waals surface area contributed by atoms with Crippen LogP contribution in [0.1, 0.15) is 15.9 Å². The van der Waals surface area contributed by atoms with Gasteiger partial charge in [0, 0.05) is 50.5 Å². The third-order valence-corrected chi connectivity index (χ3v) is 7.19. The Bertz CT molecular complexity index is 812. The molecule has 1 N–H and O–H groups in total. The monoisotopic (exact) mass is 367 g/mol. The van der Waals surface area contributed by atoms with Crippen LogP contribution in [0.2, 0.25) is 0 Å². The normalized spacial score (nSPS) is 17.0. The fraction of sp³-hybridized carbons (Fsp3) is 0.333. The summed E-state index contributed by atoms with van der Waals surface area (Å²) in [5.74, 6) is -1.12. The Kier molecular flexibility index (Phi) is 4.95. The zero-order chi connectivity index (χ0) is 17.2. The second-order valence-corrected chi connectivity index (χ2v) is 8.58. The number of piperazine rings is 1. The van der Waals surface area contributed by atoms with Crippen LogP contribution in [0.25, 0.3) is 0 Å². The number of carboxylic acid groups (broad SMARTS) is 1. The van der Waals surface area contributed by atoms with Crippen LogP contribution in [0.4, 0.5) is 0 Å². The van der Waals surface area contributed by atoms with Crippen LogP contribution in [0, 0.1) is 0 Å². The molecule has 9 heteroatoms. The first-order valence-corrected chi connectivity index (χ1v) is 9.72. The fourth-order valence-electron chi connectivity index (χ4n) is 2.57. The van der Waals surface area contributed by atoms with Crippen molar-refractivity contribution in [2.75, 3.05) is 26.2 Å². The van der Waals surface area contributed by atoms with Gasteiger partial charge in [-0.25, -0.2) is 13.2 Å². The van der Waals surface area contributed by atoms with E-state index in [-0.39, 0.29) is 9.77 Å². The highest BCUT2D eigenvalue weighted by atomic mass is 32.2. The van der Waals surface area contributed by atoms with Gasteiger partial charge in [0.15, 0.2) is 0 Å². The highest BCUT2D eigenvalue weighted by Gasteiger charge is 2.30. The number of sulfonamides is 1. The van der Waals surface area contributed by atoms with E-state index in [0.29, 0.717) is 26.2 Å². The van der Waals surface area contributed by atoms with Crippen LogP contribution >= 0.6 is 11.3 Å². The molecule has 0 radical (unpaired) electrons. The minimum absolute atomic E-state index is 0.00814. The molecular weight excluding hydrogens is 350 g/mol. The number of hydrogen-bond acceptors (Lipinski definition) is 6. The average Bonchev–Trinajstić information content (AvgIpc) is 3.07. The summed E-state index contributed by atoms with van der Waals surface area (Å²) in [5, 5.41) is 10.3. The van der Waals surface area contributed by atoms with Crippen molar-refractivity contribution in [1.82, 2.24) is 14.2 Å². The predicted molar refractivity (Wildman–Crippen MR) is 89.6 cm³/mol. The molecule has 0 atom stereocenters. The molecule has 0 unspecified atom stereocenters. The van der Waals surface area contributed by atoms with Gasteiger partial charge in [-0.1, -0.05) is 6.07 Å². The molecule has 0 aliphatic carbocycles. The molecule has 2 aromatic rings. The number of aromatic nitrogens is 1. The second-order valence-electron chi connectivity index (χ2n) is 5.50. The Morgan fingerprint density at radius 2 is 2.04 bits per heavy atom. The molecule has 2 aromatic heterocycles. The first kappa shape index (κ1) is 17.0. The van der Waals surface area contributed by atoms with E-state index < -0.39 is 16.0 Å². The number of nitrogens with zero attached hydrogens (tertiary/aromatic N) is 3. The number of carbonyl (C=O) groups is 1. The summed E-state index contributed by atoms with van der Waals surface area (Å²) in [7, 11) is -3.62. The van der Waals surface area contributed by atoms with Crippen molar-refractivity contribution in [1.29, 1.82) is 0 Å². The minimum atomic E-state index is -3.62. The molecule has 3 rings (SSSR count). The molecule has 24 heavy (non-hydrogen) atoms. The van der Waals surface area contributed by atoms with Gasteiger partial charge in [-0.2, -0.15) is 4.31 Å². The number of pyridine rings is 1. The summed E-state index contributed by atoms with van der Waals surface area (Å²) in [6, 6.07) is 5.10. The highest BCUT2D eigenvalue weighted by Crippen LogP contribution is 2.25. The van der Waals surface area contributed by atoms with Crippen molar-refractivity contribution in [3.8, 4) is 0 Å². The van der Waals surface area contributed by atoms with Gasteiger partial charge in [-0.15, -0.1) is 11.3 Å². The van der Waals surface area contributed by atoms with Crippen molar-refractivity contribution in [3.05, 3.63) is 47.1 Å². The number of rotatable bonds is 5. The molecule has 1 fully saturated rings. The molecule has 3 heterocycles. The van der Waals surface area contributed by atoms with E-state index in [0.717, 1.165) is 23.4 Å². The average molecular weight is 367 g/mol. The SMILES string of the molecule is O=C(O)c1csc(S(=O)(=O)N2CCN(Cc3cccnc3)CC2)c1. The smallest absolute Gasteiger partial charge is 0.336 e. The van der Waals surface area contributed by atoms with Gasteiger partial charge in [0.1, 0.15) is 4.21 Å². The van der Waals surface area contributed by atoms with Crippen LogP contribution < -0.4 is 0 Å². The van der Waals surface area contributed by atoms with Gasteiger partial charge in [0.2, 0.25) is 0 Å². The molecule has 7 nitrogen and oxygen atoms in total. The van der Waals surface area contributed by atoms with Gasteiger partial charge in [-0.3, -0.25) is 9.88 Å². The molecule has 1 aliphatic rings. The molecule has 128 valence electrons. The lowest BCUT2D eigenvalue weighted by Crippen LogP contribution is -2.48. The van der Waals surface area contributed by atoms with Crippen LogP contribution in [0.15, 0.2) is 40.2 Å². The standard InChI is InChI=1S/C15H17N3O4S2/c19-15(20)13-8-14(23-11-13)24(21,22)18-6-4-17(5-7-18)10-12-2-1-3-16-9-12/h1-3,8-9,11H,4-7,10H2,(H,19,20). The zero-order valence-electron chi connectivity index (χ0n) is 12.8. The van der Waals surface area contributed by atoms with Crippen molar-refractivity contribution < 1.29 is 18.3 Å². The van der Waals surface area contributed by atoms with E-state index in [4.69, 9.17) is 5.11 Å². The van der Waals surface area contributed by atoms with Crippen LogP contribution in [-0.2, 0) is 16.6 Å². The summed E-state index contributed by atoms with van der Waals surface area (Å²) in [6.45, 7) is 2.78. The van der Waals surface area contributed by atoms with Crippen molar-refractivity contribution >= 4 is 27.3 Å². The van der Waals surface area contributed by atoms with Gasteiger partial charge >= 0.3 is 5.97 Å². The molecule has 0 spiro atoms. The molecule has 0 amide bonds. The van der Waals surface area contributed by atoms with E-state index in [9.17, 15) is 13.2 Å². The van der Waals surface area contributed by atoms with Gasteiger partial charge in [0.05, 0.1) is 5.56 Å². The summed E-state index contributed by atoms with van der Waals surface area (Å²) >= 11 is 0.950. The number of thiophene rings is 1. The molecular formula is C15H17N3O4S2. The van der Waals surface area contributed by atoms with E-state index in [1.807, 2.05) is 18.3 Å². The third kappa shape index (κ3) is 3.64. The maximum absolute atomic E-state index is 12.6. The lowest BCUT2D eigenvalue weighted by Gasteiger charge is -2.33. The van der Waals surface area contributed by atoms with Crippen molar-refractivity contribution in [3.63, 3.8) is 0 Å². The molecule has 0 aromatic carbocycles. The number of carboxylic acids is 1. The van der Waals surface area contributed by atoms with E-state index >= 15 is 0 Å². The lowest BCUT2D eigenvalue weighted by atomic mass is 10.2. The number of aromatic carboxylic acids is 1. The van der Waals surface area contributed by atoms with Crippen molar-refractivity contribution in [2.24, 2.45) is 0 Å². The Balaban J connectivity index is 1.63. The molecule has 1 saturated heterocycles. The van der Waals surface area contributed by atoms with Crippen LogP contribution in [-0.4, -0.2) is 59.9 Å². The molecule has 0 bridgehead atoms. The Morgan fingerprint density at radius 1 is 1.29 bits per heavy atom. The lowest BCUT2D eigenvalue weighted by molar-refractivity contribution is 0.0697. The maximum atomic E-state index is 12.6. The van der Waals surface area contributed by atoms with E-state index in [2.05, 4.69) is 9.88 Å². The van der Waals surface area contributed by atoms with Gasteiger partial charge in [-0.05, 0) is 17.7 Å². The largest absolute Gasteiger partial charge is 0.478 e. The minimum Gasteiger partial charge on any atom is -0.478 e. The Hall–Kier alpha value is -1.81. The van der Waals surface area contributed by atoms with E-state index in [1.165, 1.54) is 15.8 Å². The summed E-state index contributed by atoms with van der Waals surface area (Å²) < 4.78 is 26.7. The van der Waals surface area contributed by atoms with Crippen molar-refractivity contribution in [2.45, 2.75) is 10.8 Å². The summed E-state index contributed by atoms with van der Waals surface area (Å²) in [4.78, 5) is 17.2. The maximum Gasteiger partial charge on any atom is 0.336 e. The second kappa shape index (κ2) is 6.98. The summed E-state index contributed by atoms with van der Waals surface area (Å²) in [5.41, 5.74) is 1.10. The van der Waals surface area contributed by atoms with Crippen LogP contribution in [0.5, 0.6) is 0 Å². The Labute approximate surface area is 144 Å². The first-order chi connectivity index (χ1) is 11.5. The first-order valence-electron chi connectivity index (χ1n) is 7.40. The third-order valence-electron chi connectivity index (χ3n) is 3.88. The zero-order valence-corrected chi connectivity index (χ0v) is 14.5. The molecule has 0 saturated carbocycles. The van der Waals surface area contributed by atoms with Gasteiger partial charge < -0.3 is 5.11 Å². The quantitative estimate of drug-likeness (QED) is 0.858. The predicted octanol–water partition coefficient (Wildman–Crippen LogP) is 1.35. The number of hydrogen-bond donors (Lipinski definition) is 1. The summed E-state index contributed by atoms with van der Waals surface area (Å²) in [6.07, 6.45) is 3.53. The van der Waals surface area contributed by atoms with E-state index in [1.54, 1.807) is 6.20 Å². The highest BCUT2D eigenvalue weighted by molar-refractivity contribution is 7.91. The fourth-order valence-corrected chi connectivity index (χ4v) is 5.30.